The summed E-state index contributed by atoms with van der Waals surface area (Å²) in [4.78, 5) is 37.3. The van der Waals surface area contributed by atoms with Crippen LogP contribution < -0.4 is 0 Å². The first-order valence-corrected chi connectivity index (χ1v) is 9.55. The smallest absolute Gasteiger partial charge is 0.311 e. The Balaban J connectivity index is 3.06. The number of hydrogen-bond acceptors (Lipinski definition) is 5. The summed E-state index contributed by atoms with van der Waals surface area (Å²) in [6.45, 7) is 10.9. The van der Waals surface area contributed by atoms with Gasteiger partial charge in [-0.1, -0.05) is 34.6 Å². The predicted molar refractivity (Wildman–Crippen MR) is 95.9 cm³/mol. The zero-order valence-corrected chi connectivity index (χ0v) is 16.5. The van der Waals surface area contributed by atoms with Crippen molar-refractivity contribution in [1.82, 2.24) is 0 Å². The van der Waals surface area contributed by atoms with E-state index in [-0.39, 0.29) is 35.4 Å². The molecule has 1 aliphatic heterocycles. The van der Waals surface area contributed by atoms with Gasteiger partial charge >= 0.3 is 5.97 Å². The molecule has 0 aromatic heterocycles. The minimum Gasteiger partial charge on any atom is -0.462 e. The van der Waals surface area contributed by atoms with Crippen molar-refractivity contribution in [3.63, 3.8) is 0 Å². The van der Waals surface area contributed by atoms with Crippen LogP contribution in [0, 0.1) is 29.6 Å². The number of rotatable bonds is 1. The van der Waals surface area contributed by atoms with Crippen LogP contribution in [-0.4, -0.2) is 34.9 Å². The summed E-state index contributed by atoms with van der Waals surface area (Å²) in [6.07, 6.45) is 0.805. The van der Waals surface area contributed by atoms with Crippen molar-refractivity contribution in [2.45, 2.75) is 79.4 Å². The van der Waals surface area contributed by atoms with Crippen molar-refractivity contribution in [2.24, 2.45) is 29.6 Å². The highest BCUT2D eigenvalue weighted by atomic mass is 16.5. The maximum absolute atomic E-state index is 12.5. The van der Waals surface area contributed by atoms with Crippen LogP contribution in [0.5, 0.6) is 0 Å². The zero-order chi connectivity index (χ0) is 19.3. The van der Waals surface area contributed by atoms with Crippen molar-refractivity contribution >= 4 is 17.5 Å². The molecule has 1 heterocycles. The summed E-state index contributed by atoms with van der Waals surface area (Å²) in [5.41, 5.74) is 0. The zero-order valence-electron chi connectivity index (χ0n) is 16.5. The summed E-state index contributed by atoms with van der Waals surface area (Å²) in [5, 5.41) is 10.4. The van der Waals surface area contributed by atoms with E-state index < -0.39 is 23.9 Å². The van der Waals surface area contributed by atoms with Crippen molar-refractivity contribution in [1.29, 1.82) is 0 Å². The number of hydrogen-bond donors (Lipinski definition) is 1. The molecule has 0 aliphatic carbocycles. The molecule has 1 fully saturated rings. The van der Waals surface area contributed by atoms with Gasteiger partial charge < -0.3 is 9.84 Å². The molecule has 0 aromatic carbocycles. The SMILES string of the molecule is CCC1OC(=O)C(C)C(O)C(C)C(=O)C(C)CCC(=O)C(C)CC1C. The Kier molecular flexibility index (Phi) is 8.26. The standard InChI is InChI=1S/C20H34O5/c1-7-17-13(4)10-12(3)16(21)9-8-11(2)18(22)14(5)19(23)15(6)20(24)25-17/h11-15,17,19,23H,7-10H2,1-6H3. The normalized spacial score (nSPS) is 39.6. The Hall–Kier alpha value is -1.23. The van der Waals surface area contributed by atoms with Gasteiger partial charge in [0.25, 0.3) is 0 Å². The summed E-state index contributed by atoms with van der Waals surface area (Å²) < 4.78 is 5.61. The van der Waals surface area contributed by atoms with E-state index in [0.717, 1.165) is 0 Å². The van der Waals surface area contributed by atoms with E-state index in [0.29, 0.717) is 25.7 Å². The second-order valence-corrected chi connectivity index (χ2v) is 7.87. The van der Waals surface area contributed by atoms with E-state index in [1.165, 1.54) is 0 Å². The molecule has 0 aromatic rings. The van der Waals surface area contributed by atoms with Gasteiger partial charge in [-0.05, 0) is 32.1 Å². The summed E-state index contributed by atoms with van der Waals surface area (Å²) in [6, 6.07) is 0. The highest BCUT2D eigenvalue weighted by molar-refractivity contribution is 5.86. The first-order valence-electron chi connectivity index (χ1n) is 9.55. The van der Waals surface area contributed by atoms with E-state index in [1.54, 1.807) is 20.8 Å². The first kappa shape index (κ1) is 21.8. The second kappa shape index (κ2) is 9.46. The van der Waals surface area contributed by atoms with Crippen LogP contribution >= 0.6 is 0 Å². The second-order valence-electron chi connectivity index (χ2n) is 7.87. The lowest BCUT2D eigenvalue weighted by Crippen LogP contribution is -2.40. The van der Waals surface area contributed by atoms with Gasteiger partial charge in [-0.3, -0.25) is 14.4 Å². The average molecular weight is 354 g/mol. The molecule has 0 spiro atoms. The third-order valence-corrected chi connectivity index (χ3v) is 5.73. The lowest BCUT2D eigenvalue weighted by atomic mass is 9.82. The molecule has 7 atom stereocenters. The number of ketones is 2. The fourth-order valence-electron chi connectivity index (χ4n) is 3.64. The van der Waals surface area contributed by atoms with Crippen LogP contribution in [0.1, 0.15) is 67.2 Å². The molecule has 5 heteroatoms. The lowest BCUT2D eigenvalue weighted by molar-refractivity contribution is -0.162. The highest BCUT2D eigenvalue weighted by Gasteiger charge is 2.36. The Labute approximate surface area is 151 Å². The van der Waals surface area contributed by atoms with Gasteiger partial charge in [-0.2, -0.15) is 0 Å². The molecule has 25 heavy (non-hydrogen) atoms. The van der Waals surface area contributed by atoms with Crippen LogP contribution in [0.25, 0.3) is 0 Å². The molecule has 5 nitrogen and oxygen atoms in total. The third-order valence-electron chi connectivity index (χ3n) is 5.73. The maximum Gasteiger partial charge on any atom is 0.311 e. The Morgan fingerprint density at radius 3 is 2.16 bits per heavy atom. The van der Waals surface area contributed by atoms with Gasteiger partial charge in [0, 0.05) is 24.2 Å². The molecule has 0 bridgehead atoms. The van der Waals surface area contributed by atoms with E-state index in [2.05, 4.69) is 0 Å². The molecular formula is C20H34O5. The molecule has 0 amide bonds. The first-order chi connectivity index (χ1) is 11.6. The van der Waals surface area contributed by atoms with Crippen LogP contribution in [-0.2, 0) is 19.1 Å². The van der Waals surface area contributed by atoms with E-state index in [4.69, 9.17) is 4.74 Å². The largest absolute Gasteiger partial charge is 0.462 e. The van der Waals surface area contributed by atoms with Gasteiger partial charge in [-0.25, -0.2) is 0 Å². The monoisotopic (exact) mass is 354 g/mol. The summed E-state index contributed by atoms with van der Waals surface area (Å²) >= 11 is 0. The summed E-state index contributed by atoms with van der Waals surface area (Å²) in [5.74, 6) is -2.22. The lowest BCUT2D eigenvalue weighted by Gasteiger charge is -2.30. The fraction of sp³-hybridized carbons (Fsp3) is 0.850. The quantitative estimate of drug-likeness (QED) is 0.732. The van der Waals surface area contributed by atoms with E-state index in [1.807, 2.05) is 20.8 Å². The van der Waals surface area contributed by atoms with Crippen molar-refractivity contribution in [3.05, 3.63) is 0 Å². The van der Waals surface area contributed by atoms with Crippen LogP contribution in [0.4, 0.5) is 0 Å². The van der Waals surface area contributed by atoms with E-state index >= 15 is 0 Å². The number of aliphatic hydroxyl groups excluding tert-OH is 1. The van der Waals surface area contributed by atoms with Crippen molar-refractivity contribution in [2.75, 3.05) is 0 Å². The van der Waals surface area contributed by atoms with Crippen molar-refractivity contribution in [3.8, 4) is 0 Å². The molecule has 144 valence electrons. The van der Waals surface area contributed by atoms with Crippen LogP contribution in [0.15, 0.2) is 0 Å². The van der Waals surface area contributed by atoms with Crippen LogP contribution in [0.3, 0.4) is 0 Å². The molecule has 1 aliphatic rings. The number of Topliss-reactive ketones (excluding diaryl/α,β-unsaturated/α-hetero) is 2. The van der Waals surface area contributed by atoms with Gasteiger partial charge in [0.2, 0.25) is 0 Å². The minimum atomic E-state index is -1.08. The van der Waals surface area contributed by atoms with Gasteiger partial charge in [0.15, 0.2) is 0 Å². The molecular weight excluding hydrogens is 320 g/mol. The molecule has 1 rings (SSSR count). The molecule has 0 saturated carbocycles. The number of carbonyl (C=O) groups excluding carboxylic acids is 3. The predicted octanol–water partition coefficient (Wildman–Crippen LogP) is 3.17. The Morgan fingerprint density at radius 2 is 1.60 bits per heavy atom. The number of carbonyl (C=O) groups is 3. The molecule has 7 unspecified atom stereocenters. The van der Waals surface area contributed by atoms with E-state index in [9.17, 15) is 19.5 Å². The third kappa shape index (κ3) is 5.63. The number of ether oxygens (including phenoxy) is 1. The van der Waals surface area contributed by atoms with Crippen molar-refractivity contribution < 1.29 is 24.2 Å². The van der Waals surface area contributed by atoms with Gasteiger partial charge in [0.1, 0.15) is 17.7 Å². The Bertz CT molecular complexity index is 486. The maximum atomic E-state index is 12.5. The highest BCUT2D eigenvalue weighted by Crippen LogP contribution is 2.27. The fourth-order valence-corrected chi connectivity index (χ4v) is 3.64. The summed E-state index contributed by atoms with van der Waals surface area (Å²) in [7, 11) is 0. The molecule has 1 N–H and O–H groups in total. The average Bonchev–Trinajstić information content (AvgIpc) is 2.59. The topological polar surface area (TPSA) is 80.7 Å². The number of cyclic esters (lactones) is 1. The molecule has 1 saturated heterocycles. The number of aliphatic hydroxyl groups is 1. The van der Waals surface area contributed by atoms with Gasteiger partial charge in [-0.15, -0.1) is 0 Å². The van der Waals surface area contributed by atoms with Crippen LogP contribution in [0.2, 0.25) is 0 Å². The number of esters is 1. The van der Waals surface area contributed by atoms with Gasteiger partial charge in [0.05, 0.1) is 12.0 Å². The molecule has 0 radical (unpaired) electrons. The minimum absolute atomic E-state index is 0.0664. The Morgan fingerprint density at radius 1 is 1.00 bits per heavy atom.